The summed E-state index contributed by atoms with van der Waals surface area (Å²) in [6, 6.07) is 0.316. The van der Waals surface area contributed by atoms with Gasteiger partial charge in [0.15, 0.2) is 0 Å². The first-order valence-corrected chi connectivity index (χ1v) is 7.35. The van der Waals surface area contributed by atoms with Gasteiger partial charge in [-0.25, -0.2) is 4.98 Å². The predicted molar refractivity (Wildman–Crippen MR) is 80.2 cm³/mol. The van der Waals surface area contributed by atoms with E-state index in [1.807, 2.05) is 18.7 Å². The van der Waals surface area contributed by atoms with Gasteiger partial charge in [0.2, 0.25) is 5.91 Å². The Bertz CT molecular complexity index is 554. The lowest BCUT2D eigenvalue weighted by Gasteiger charge is -2.33. The van der Waals surface area contributed by atoms with Gasteiger partial charge in [-0.3, -0.25) is 9.59 Å². The number of aryl methyl sites for hydroxylation is 1. The molecule has 0 N–H and O–H groups in total. The van der Waals surface area contributed by atoms with E-state index >= 15 is 0 Å². The van der Waals surface area contributed by atoms with Crippen LogP contribution in [0.1, 0.15) is 47.8 Å². The third-order valence-corrected chi connectivity index (χ3v) is 4.21. The van der Waals surface area contributed by atoms with Crippen molar-refractivity contribution in [3.63, 3.8) is 0 Å². The Labute approximate surface area is 125 Å². The van der Waals surface area contributed by atoms with Crippen molar-refractivity contribution < 1.29 is 9.59 Å². The third-order valence-electron chi connectivity index (χ3n) is 4.21. The molecule has 0 bridgehead atoms. The zero-order valence-electron chi connectivity index (χ0n) is 13.5. The molecule has 1 aromatic rings. The number of hydrogen-bond acceptors (Lipinski definition) is 3. The van der Waals surface area contributed by atoms with E-state index in [2.05, 4.69) is 9.55 Å². The highest BCUT2D eigenvalue weighted by Crippen LogP contribution is 2.27. The average molecular weight is 292 g/mol. The molecule has 116 valence electrons. The summed E-state index contributed by atoms with van der Waals surface area (Å²) in [5.41, 5.74) is 1.46. The Kier molecular flexibility index (Phi) is 4.34. The number of aromatic nitrogens is 2. The standard InChI is InChI=1S/C15H24N4O2/c1-10-14(15(21)17(4)5)16-11(2)19(10)13-6-8-18(9-7-13)12(3)20/h13H,6-9H2,1-5H3. The molecule has 1 aliphatic heterocycles. The van der Waals surface area contributed by atoms with E-state index in [0.29, 0.717) is 11.7 Å². The Morgan fingerprint density at radius 2 is 1.76 bits per heavy atom. The fraction of sp³-hybridized carbons (Fsp3) is 0.667. The number of amides is 2. The van der Waals surface area contributed by atoms with Crippen LogP contribution >= 0.6 is 0 Å². The second-order valence-electron chi connectivity index (χ2n) is 5.90. The highest BCUT2D eigenvalue weighted by molar-refractivity contribution is 5.93. The van der Waals surface area contributed by atoms with Crippen molar-refractivity contribution in [2.75, 3.05) is 27.2 Å². The molecule has 6 nitrogen and oxygen atoms in total. The molecule has 1 aliphatic rings. The monoisotopic (exact) mass is 292 g/mol. The first-order valence-electron chi connectivity index (χ1n) is 7.35. The summed E-state index contributed by atoms with van der Waals surface area (Å²) >= 11 is 0. The summed E-state index contributed by atoms with van der Waals surface area (Å²) in [5, 5.41) is 0. The van der Waals surface area contributed by atoms with E-state index in [-0.39, 0.29) is 11.8 Å². The number of hydrogen-bond donors (Lipinski definition) is 0. The van der Waals surface area contributed by atoms with E-state index in [1.54, 1.807) is 25.9 Å². The van der Waals surface area contributed by atoms with Crippen molar-refractivity contribution in [3.8, 4) is 0 Å². The number of piperidine rings is 1. The number of carbonyl (C=O) groups is 2. The van der Waals surface area contributed by atoms with E-state index in [0.717, 1.165) is 37.4 Å². The van der Waals surface area contributed by atoms with Crippen LogP contribution in [-0.2, 0) is 4.79 Å². The molecule has 0 saturated carbocycles. The molecule has 6 heteroatoms. The van der Waals surface area contributed by atoms with E-state index in [1.165, 1.54) is 0 Å². The minimum Gasteiger partial charge on any atom is -0.343 e. The molecular formula is C15H24N4O2. The molecular weight excluding hydrogens is 268 g/mol. The summed E-state index contributed by atoms with van der Waals surface area (Å²) < 4.78 is 2.16. The number of nitrogens with zero attached hydrogens (tertiary/aromatic N) is 4. The van der Waals surface area contributed by atoms with Gasteiger partial charge < -0.3 is 14.4 Å². The first kappa shape index (κ1) is 15.5. The van der Waals surface area contributed by atoms with Crippen molar-refractivity contribution in [2.45, 2.75) is 39.7 Å². The lowest BCUT2D eigenvalue weighted by atomic mass is 10.0. The molecule has 1 aromatic heterocycles. The minimum absolute atomic E-state index is 0.0597. The van der Waals surface area contributed by atoms with Gasteiger partial charge in [0.1, 0.15) is 11.5 Å². The maximum atomic E-state index is 12.2. The van der Waals surface area contributed by atoms with Crippen molar-refractivity contribution in [1.29, 1.82) is 0 Å². The molecule has 0 unspecified atom stereocenters. The third kappa shape index (κ3) is 2.94. The van der Waals surface area contributed by atoms with Gasteiger partial charge in [-0.15, -0.1) is 0 Å². The van der Waals surface area contributed by atoms with Crippen LogP contribution in [0.25, 0.3) is 0 Å². The molecule has 1 saturated heterocycles. The molecule has 2 amide bonds. The van der Waals surface area contributed by atoms with E-state index < -0.39 is 0 Å². The second-order valence-corrected chi connectivity index (χ2v) is 5.90. The fourth-order valence-electron chi connectivity index (χ4n) is 3.04. The molecule has 2 rings (SSSR count). The predicted octanol–water partition coefficient (Wildman–Crippen LogP) is 1.39. The fourth-order valence-corrected chi connectivity index (χ4v) is 3.04. The maximum absolute atomic E-state index is 12.2. The Balaban J connectivity index is 2.22. The van der Waals surface area contributed by atoms with Gasteiger partial charge in [0.05, 0.1) is 0 Å². The molecule has 0 atom stereocenters. The normalized spacial score (nSPS) is 16.1. The van der Waals surface area contributed by atoms with Crippen LogP contribution in [-0.4, -0.2) is 58.4 Å². The summed E-state index contributed by atoms with van der Waals surface area (Å²) in [5.74, 6) is 0.950. The number of carbonyl (C=O) groups excluding carboxylic acids is 2. The van der Waals surface area contributed by atoms with Gasteiger partial charge in [-0.1, -0.05) is 0 Å². The van der Waals surface area contributed by atoms with Crippen molar-refractivity contribution in [1.82, 2.24) is 19.4 Å². The van der Waals surface area contributed by atoms with Crippen molar-refractivity contribution in [3.05, 3.63) is 17.2 Å². The highest BCUT2D eigenvalue weighted by atomic mass is 16.2. The highest BCUT2D eigenvalue weighted by Gasteiger charge is 2.27. The summed E-state index contributed by atoms with van der Waals surface area (Å²) in [4.78, 5) is 31.4. The molecule has 2 heterocycles. The van der Waals surface area contributed by atoms with Gasteiger partial charge in [-0.2, -0.15) is 0 Å². The maximum Gasteiger partial charge on any atom is 0.273 e. The van der Waals surface area contributed by atoms with E-state index in [4.69, 9.17) is 0 Å². The quantitative estimate of drug-likeness (QED) is 0.827. The summed E-state index contributed by atoms with van der Waals surface area (Å²) in [6.45, 7) is 7.05. The van der Waals surface area contributed by atoms with Crippen LogP contribution < -0.4 is 0 Å². The molecule has 1 fully saturated rings. The molecule has 0 aromatic carbocycles. The molecule has 0 spiro atoms. The van der Waals surface area contributed by atoms with Crippen LogP contribution in [0.4, 0.5) is 0 Å². The summed E-state index contributed by atoms with van der Waals surface area (Å²) in [6.07, 6.45) is 1.82. The smallest absolute Gasteiger partial charge is 0.273 e. The Hall–Kier alpha value is -1.85. The lowest BCUT2D eigenvalue weighted by molar-refractivity contribution is -0.130. The van der Waals surface area contributed by atoms with Crippen LogP contribution in [0.3, 0.4) is 0 Å². The van der Waals surface area contributed by atoms with Crippen molar-refractivity contribution in [2.24, 2.45) is 0 Å². The van der Waals surface area contributed by atoms with Crippen LogP contribution in [0.2, 0.25) is 0 Å². The molecule has 21 heavy (non-hydrogen) atoms. The topological polar surface area (TPSA) is 58.4 Å². The minimum atomic E-state index is -0.0597. The molecule has 0 radical (unpaired) electrons. The van der Waals surface area contributed by atoms with Gasteiger partial charge >= 0.3 is 0 Å². The van der Waals surface area contributed by atoms with Gasteiger partial charge in [0, 0.05) is 45.8 Å². The van der Waals surface area contributed by atoms with Gasteiger partial charge in [-0.05, 0) is 26.7 Å². The lowest BCUT2D eigenvalue weighted by Crippen LogP contribution is -2.38. The zero-order chi connectivity index (χ0) is 15.7. The molecule has 0 aliphatic carbocycles. The van der Waals surface area contributed by atoms with Crippen LogP contribution in [0, 0.1) is 13.8 Å². The largest absolute Gasteiger partial charge is 0.343 e. The summed E-state index contributed by atoms with van der Waals surface area (Å²) in [7, 11) is 3.48. The Morgan fingerprint density at radius 1 is 1.19 bits per heavy atom. The first-order chi connectivity index (χ1) is 9.82. The SMILES string of the molecule is CC(=O)N1CCC(n2c(C)nc(C(=O)N(C)C)c2C)CC1. The average Bonchev–Trinajstić information content (AvgIpc) is 2.73. The van der Waals surface area contributed by atoms with Gasteiger partial charge in [0.25, 0.3) is 5.91 Å². The zero-order valence-corrected chi connectivity index (χ0v) is 13.5. The van der Waals surface area contributed by atoms with E-state index in [9.17, 15) is 9.59 Å². The number of imidazole rings is 1. The Morgan fingerprint density at radius 3 is 2.24 bits per heavy atom. The van der Waals surface area contributed by atoms with Crippen LogP contribution in [0.15, 0.2) is 0 Å². The number of rotatable bonds is 2. The second kappa shape index (κ2) is 5.87. The van der Waals surface area contributed by atoms with Crippen molar-refractivity contribution >= 4 is 11.8 Å². The van der Waals surface area contributed by atoms with Crippen LogP contribution in [0.5, 0.6) is 0 Å². The number of likely N-dealkylation sites (tertiary alicyclic amines) is 1.